The Labute approximate surface area is 137 Å². The molecule has 1 amide bonds. The highest BCUT2D eigenvalue weighted by Crippen LogP contribution is 2.26. The van der Waals surface area contributed by atoms with Crippen molar-refractivity contribution in [2.24, 2.45) is 5.73 Å². The number of hydrogen-bond donors (Lipinski definition) is 1. The minimum Gasteiger partial charge on any atom is -0.381 e. The quantitative estimate of drug-likeness (QED) is 0.293. The molecule has 2 N–H and O–H groups in total. The molecule has 0 spiro atoms. The minimum absolute atomic E-state index is 0.117. The van der Waals surface area contributed by atoms with Gasteiger partial charge in [0.15, 0.2) is 0 Å². The van der Waals surface area contributed by atoms with E-state index in [1.807, 2.05) is 38.1 Å². The zero-order valence-electron chi connectivity index (χ0n) is 13.8. The van der Waals surface area contributed by atoms with Crippen LogP contribution in [0.2, 0.25) is 0 Å². The Kier molecular flexibility index (Phi) is 8.87. The van der Waals surface area contributed by atoms with E-state index in [2.05, 4.69) is 0 Å². The number of hydrogen-bond acceptors (Lipinski definition) is 4. The second-order valence-corrected chi connectivity index (χ2v) is 4.87. The van der Waals surface area contributed by atoms with Crippen molar-refractivity contribution < 1.29 is 19.1 Å². The van der Waals surface area contributed by atoms with Gasteiger partial charge in [-0.1, -0.05) is 24.3 Å². The molecule has 0 atom stereocenters. The normalized spacial score (nSPS) is 11.9. The highest BCUT2D eigenvalue weighted by Gasteiger charge is 2.17. The summed E-state index contributed by atoms with van der Waals surface area (Å²) in [6, 6.07) is 7.62. The van der Waals surface area contributed by atoms with Crippen LogP contribution in [0, 0.1) is 0 Å². The van der Waals surface area contributed by atoms with Gasteiger partial charge < -0.3 is 15.2 Å². The third-order valence-corrected chi connectivity index (χ3v) is 3.41. The predicted octanol–water partition coefficient (Wildman–Crippen LogP) is 2.04. The third kappa shape index (κ3) is 5.96. The van der Waals surface area contributed by atoms with Crippen LogP contribution < -0.4 is 5.73 Å². The van der Waals surface area contributed by atoms with Crippen LogP contribution in [0.1, 0.15) is 31.4 Å². The number of rotatable bonds is 11. The first-order valence-corrected chi connectivity index (χ1v) is 7.80. The molecule has 0 aliphatic carbocycles. The number of carbonyl (C=O) groups excluding carboxylic acids is 2. The van der Waals surface area contributed by atoms with Crippen molar-refractivity contribution in [2.75, 3.05) is 26.4 Å². The van der Waals surface area contributed by atoms with Crippen LogP contribution in [0.25, 0.3) is 5.57 Å². The Hall–Kier alpha value is -1.98. The lowest BCUT2D eigenvalue weighted by Gasteiger charge is -2.15. The van der Waals surface area contributed by atoms with Gasteiger partial charge in [-0.2, -0.15) is 0 Å². The molecule has 0 aromatic heterocycles. The Morgan fingerprint density at radius 3 is 2.39 bits per heavy atom. The molecule has 0 heterocycles. The van der Waals surface area contributed by atoms with Crippen molar-refractivity contribution >= 4 is 17.8 Å². The molecule has 0 saturated carbocycles. The van der Waals surface area contributed by atoms with E-state index < -0.39 is 5.91 Å². The van der Waals surface area contributed by atoms with Crippen molar-refractivity contribution in [3.63, 3.8) is 0 Å². The van der Waals surface area contributed by atoms with Crippen molar-refractivity contribution in [3.05, 3.63) is 41.0 Å². The van der Waals surface area contributed by atoms with Gasteiger partial charge in [-0.05, 0) is 43.4 Å². The molecular weight excluding hydrogens is 294 g/mol. The number of ether oxygens (including phenoxy) is 2. The average Bonchev–Trinajstić information content (AvgIpc) is 2.55. The summed E-state index contributed by atoms with van der Waals surface area (Å²) in [7, 11) is 0. The van der Waals surface area contributed by atoms with Crippen molar-refractivity contribution in [2.45, 2.75) is 26.7 Å². The topological polar surface area (TPSA) is 78.6 Å². The van der Waals surface area contributed by atoms with Gasteiger partial charge in [-0.3, -0.25) is 9.59 Å². The molecule has 125 valence electrons. The molecule has 1 aromatic carbocycles. The molecular formula is C18H24NO4. The van der Waals surface area contributed by atoms with Crippen LogP contribution >= 0.6 is 0 Å². The molecule has 1 aromatic rings. The first kappa shape index (κ1) is 19.1. The summed E-state index contributed by atoms with van der Waals surface area (Å²) in [5, 5.41) is 0. The van der Waals surface area contributed by atoms with Crippen molar-refractivity contribution in [1.29, 1.82) is 0 Å². The third-order valence-electron chi connectivity index (χ3n) is 3.41. The van der Waals surface area contributed by atoms with E-state index in [1.165, 1.54) is 0 Å². The molecule has 5 nitrogen and oxygen atoms in total. The second-order valence-electron chi connectivity index (χ2n) is 4.87. The van der Waals surface area contributed by atoms with Crippen LogP contribution in [0.3, 0.4) is 0 Å². The fourth-order valence-electron chi connectivity index (χ4n) is 2.33. The minimum atomic E-state index is -0.772. The highest BCUT2D eigenvalue weighted by atomic mass is 16.5. The Bertz CT molecular complexity index is 552. The summed E-state index contributed by atoms with van der Waals surface area (Å²) in [5.41, 5.74) is 7.62. The van der Waals surface area contributed by atoms with E-state index >= 15 is 0 Å². The lowest BCUT2D eigenvalue weighted by atomic mass is 9.92. The number of primary amides is 1. The van der Waals surface area contributed by atoms with E-state index in [1.54, 1.807) is 6.29 Å². The highest BCUT2D eigenvalue weighted by molar-refractivity contribution is 6.16. The van der Waals surface area contributed by atoms with E-state index in [0.717, 1.165) is 11.1 Å². The zero-order chi connectivity index (χ0) is 17.1. The van der Waals surface area contributed by atoms with Gasteiger partial charge in [-0.15, -0.1) is 0 Å². The summed E-state index contributed by atoms with van der Waals surface area (Å²) < 4.78 is 10.8. The van der Waals surface area contributed by atoms with Gasteiger partial charge in [-0.25, -0.2) is 0 Å². The molecule has 0 aliphatic rings. The van der Waals surface area contributed by atoms with Crippen LogP contribution in [0.4, 0.5) is 0 Å². The van der Waals surface area contributed by atoms with Crippen molar-refractivity contribution in [3.8, 4) is 0 Å². The van der Waals surface area contributed by atoms with Gasteiger partial charge in [0.2, 0.25) is 6.29 Å². The Balaban J connectivity index is 3.20. The molecule has 0 fully saturated rings. The van der Waals surface area contributed by atoms with Gasteiger partial charge in [0, 0.05) is 13.2 Å². The lowest BCUT2D eigenvalue weighted by Crippen LogP contribution is -2.18. The second kappa shape index (κ2) is 10.7. The van der Waals surface area contributed by atoms with E-state index in [-0.39, 0.29) is 5.57 Å². The SMILES string of the molecule is CCOCCC(=C([C]=O)C(N)=O)c1ccccc1CCOCC. The fourth-order valence-corrected chi connectivity index (χ4v) is 2.33. The van der Waals surface area contributed by atoms with Crippen LogP contribution in [0.15, 0.2) is 29.8 Å². The smallest absolute Gasteiger partial charge is 0.253 e. The summed E-state index contributed by atoms with van der Waals surface area (Å²) >= 11 is 0. The van der Waals surface area contributed by atoms with Gasteiger partial charge in [0.05, 0.1) is 18.8 Å². The molecule has 5 heteroatoms. The first-order valence-electron chi connectivity index (χ1n) is 7.80. The van der Waals surface area contributed by atoms with Gasteiger partial charge in [0.25, 0.3) is 5.91 Å². The fraction of sp³-hybridized carbons (Fsp3) is 0.444. The molecule has 23 heavy (non-hydrogen) atoms. The van der Waals surface area contributed by atoms with E-state index in [9.17, 15) is 9.59 Å². The number of nitrogens with two attached hydrogens (primary N) is 1. The lowest BCUT2D eigenvalue weighted by molar-refractivity contribution is -0.114. The van der Waals surface area contributed by atoms with Gasteiger partial charge in [0.1, 0.15) is 0 Å². The Morgan fingerprint density at radius 1 is 1.13 bits per heavy atom. The molecule has 1 rings (SSSR count). The van der Waals surface area contributed by atoms with E-state index in [0.29, 0.717) is 44.8 Å². The summed E-state index contributed by atoms with van der Waals surface area (Å²) in [4.78, 5) is 22.8. The molecule has 1 radical (unpaired) electrons. The van der Waals surface area contributed by atoms with Crippen LogP contribution in [-0.4, -0.2) is 38.6 Å². The predicted molar refractivity (Wildman–Crippen MR) is 89.6 cm³/mol. The summed E-state index contributed by atoms with van der Waals surface area (Å²) in [6.45, 7) is 6.01. The molecule has 0 saturated heterocycles. The monoisotopic (exact) mass is 318 g/mol. The first-order chi connectivity index (χ1) is 11.2. The van der Waals surface area contributed by atoms with Crippen LogP contribution in [0.5, 0.6) is 0 Å². The van der Waals surface area contributed by atoms with Gasteiger partial charge >= 0.3 is 0 Å². The Morgan fingerprint density at radius 2 is 1.78 bits per heavy atom. The van der Waals surface area contributed by atoms with Crippen molar-refractivity contribution in [1.82, 2.24) is 0 Å². The molecule has 0 unspecified atom stereocenters. The maximum atomic E-state index is 11.6. The number of carbonyl (C=O) groups is 1. The summed E-state index contributed by atoms with van der Waals surface area (Å²) in [6.07, 6.45) is 2.80. The number of amides is 1. The zero-order valence-corrected chi connectivity index (χ0v) is 13.8. The van der Waals surface area contributed by atoms with E-state index in [4.69, 9.17) is 15.2 Å². The average molecular weight is 318 g/mol. The standard InChI is InChI=1S/C18H24NO4/c1-3-22-11-9-14-7-5-6-8-15(14)16(10-12-23-4-2)17(13-20)18(19)21/h5-8H,3-4,9-12H2,1-2H3,(H2,19,21). The maximum absolute atomic E-state index is 11.6. The summed E-state index contributed by atoms with van der Waals surface area (Å²) in [5.74, 6) is -0.772. The van der Waals surface area contributed by atoms with Crippen LogP contribution in [-0.2, 0) is 25.5 Å². The number of benzene rings is 1. The largest absolute Gasteiger partial charge is 0.381 e. The molecule has 0 bridgehead atoms. The maximum Gasteiger partial charge on any atom is 0.253 e. The molecule has 0 aliphatic heterocycles.